The van der Waals surface area contributed by atoms with E-state index in [1.54, 1.807) is 0 Å². The second-order valence-corrected chi connectivity index (χ2v) is 18.8. The van der Waals surface area contributed by atoms with Crippen molar-refractivity contribution in [3.8, 4) is 0 Å². The molecular formula is C37H76O8S6. The van der Waals surface area contributed by atoms with Crippen LogP contribution in [-0.4, -0.2) is 178 Å². The summed E-state index contributed by atoms with van der Waals surface area (Å²) in [5.41, 5.74) is -0.689. The van der Waals surface area contributed by atoms with Crippen molar-refractivity contribution in [1.29, 1.82) is 0 Å². The molecule has 0 spiro atoms. The quantitative estimate of drug-likeness (QED) is 0.0557. The maximum atomic E-state index is 6.36. The van der Waals surface area contributed by atoms with Crippen molar-refractivity contribution in [3.05, 3.63) is 0 Å². The smallest absolute Gasteiger partial charge is 0.0637 e. The van der Waals surface area contributed by atoms with E-state index in [0.717, 1.165) is 119 Å². The summed E-state index contributed by atoms with van der Waals surface area (Å²) in [4.78, 5) is 0. The SMILES string of the molecule is CSCCCOCC(COCCCOCC(COCCCSC)(COCCCSC)COCCCSC)(COCCCSC)COCCCSC. The molecule has 0 aliphatic heterocycles. The standard InChI is InChI=1S/C37H76O8S6/c1-46-22-8-16-40-30-36(31-41-17-9-23-47-2,32-42-18-10-24-48-3)28-38-14-7-15-39-29-37(33-43-19-11-25-49-4,34-44-20-12-26-50-5)35-45-21-13-27-51-6/h7-35H2,1-6H3. The molecule has 0 saturated carbocycles. The largest absolute Gasteiger partial charge is 0.381 e. The number of hydrogen-bond donors (Lipinski definition) is 0. The van der Waals surface area contributed by atoms with Crippen LogP contribution in [0.25, 0.3) is 0 Å². The molecule has 0 fully saturated rings. The molecule has 8 nitrogen and oxygen atoms in total. The Kier molecular flexibility index (Phi) is 42.9. The zero-order chi connectivity index (χ0) is 37.4. The fraction of sp³-hybridized carbons (Fsp3) is 1.00. The van der Waals surface area contributed by atoms with Gasteiger partial charge in [-0.25, -0.2) is 0 Å². The minimum Gasteiger partial charge on any atom is -0.381 e. The highest BCUT2D eigenvalue weighted by Gasteiger charge is 2.34. The van der Waals surface area contributed by atoms with E-state index >= 15 is 0 Å². The molecule has 0 aliphatic rings. The maximum Gasteiger partial charge on any atom is 0.0637 e. The van der Waals surface area contributed by atoms with Gasteiger partial charge in [0.1, 0.15) is 0 Å². The van der Waals surface area contributed by atoms with Crippen molar-refractivity contribution < 1.29 is 37.9 Å². The van der Waals surface area contributed by atoms with Crippen molar-refractivity contribution in [1.82, 2.24) is 0 Å². The summed E-state index contributed by atoms with van der Waals surface area (Å²) < 4.78 is 50.1. The Morgan fingerprint density at radius 3 is 0.569 bits per heavy atom. The third-order valence-corrected chi connectivity index (χ3v) is 11.8. The molecule has 0 aromatic heterocycles. The van der Waals surface area contributed by atoms with Gasteiger partial charge in [-0.3, -0.25) is 0 Å². The summed E-state index contributed by atoms with van der Waals surface area (Å²) in [5, 5.41) is 0. The third kappa shape index (κ3) is 33.6. The average Bonchev–Trinajstić information content (AvgIpc) is 3.13. The van der Waals surface area contributed by atoms with E-state index in [1.165, 1.54) is 0 Å². The first-order chi connectivity index (χ1) is 25.1. The lowest BCUT2D eigenvalue weighted by Crippen LogP contribution is -2.42. The topological polar surface area (TPSA) is 73.8 Å². The van der Waals surface area contributed by atoms with E-state index in [-0.39, 0.29) is 10.8 Å². The van der Waals surface area contributed by atoms with Gasteiger partial charge < -0.3 is 37.9 Å². The van der Waals surface area contributed by atoms with Crippen LogP contribution < -0.4 is 0 Å². The third-order valence-electron chi connectivity index (χ3n) is 7.67. The van der Waals surface area contributed by atoms with Gasteiger partial charge in [0.05, 0.1) is 63.7 Å². The monoisotopic (exact) mass is 840 g/mol. The van der Waals surface area contributed by atoms with Crippen LogP contribution in [0.4, 0.5) is 0 Å². The van der Waals surface area contributed by atoms with Gasteiger partial charge in [-0.05, 0) is 117 Å². The molecule has 51 heavy (non-hydrogen) atoms. The zero-order valence-electron chi connectivity index (χ0n) is 33.2. The summed E-state index contributed by atoms with van der Waals surface area (Å²) in [5.74, 6) is 6.58. The summed E-state index contributed by atoms with van der Waals surface area (Å²) in [6.07, 6.45) is 19.8. The Balaban J connectivity index is 5.31. The molecule has 0 rings (SSSR count). The molecule has 0 radical (unpaired) electrons. The van der Waals surface area contributed by atoms with Gasteiger partial charge in [0.25, 0.3) is 0 Å². The van der Waals surface area contributed by atoms with Crippen LogP contribution in [0.3, 0.4) is 0 Å². The Hall–Kier alpha value is 1.78. The van der Waals surface area contributed by atoms with Gasteiger partial charge in [0.2, 0.25) is 0 Å². The van der Waals surface area contributed by atoms with Crippen LogP contribution in [-0.2, 0) is 37.9 Å². The number of thioether (sulfide) groups is 6. The van der Waals surface area contributed by atoms with Gasteiger partial charge in [-0.1, -0.05) is 0 Å². The summed E-state index contributed by atoms with van der Waals surface area (Å²) in [7, 11) is 0. The van der Waals surface area contributed by atoms with E-state index in [0.29, 0.717) is 66.1 Å². The first-order valence-electron chi connectivity index (χ1n) is 18.6. The Morgan fingerprint density at radius 1 is 0.255 bits per heavy atom. The Morgan fingerprint density at radius 2 is 0.412 bits per heavy atom. The van der Waals surface area contributed by atoms with Gasteiger partial charge >= 0.3 is 0 Å². The van der Waals surface area contributed by atoms with Crippen molar-refractivity contribution in [2.45, 2.75) is 44.9 Å². The van der Waals surface area contributed by atoms with Gasteiger partial charge in [0, 0.05) is 52.9 Å². The minimum atomic E-state index is -0.344. The second kappa shape index (κ2) is 41.4. The van der Waals surface area contributed by atoms with Crippen molar-refractivity contribution in [3.63, 3.8) is 0 Å². The van der Waals surface area contributed by atoms with Crippen LogP contribution >= 0.6 is 70.6 Å². The normalized spacial score (nSPS) is 12.4. The van der Waals surface area contributed by atoms with Crippen LogP contribution in [0.5, 0.6) is 0 Å². The first-order valence-corrected chi connectivity index (χ1v) is 27.0. The van der Waals surface area contributed by atoms with Gasteiger partial charge in [-0.2, -0.15) is 70.6 Å². The van der Waals surface area contributed by atoms with E-state index in [1.807, 2.05) is 70.6 Å². The highest BCUT2D eigenvalue weighted by molar-refractivity contribution is 7.99. The summed E-state index contributed by atoms with van der Waals surface area (Å²) in [6, 6.07) is 0. The molecule has 0 atom stereocenters. The van der Waals surface area contributed by atoms with Crippen molar-refractivity contribution >= 4 is 70.6 Å². The highest BCUT2D eigenvalue weighted by atomic mass is 32.2. The zero-order valence-corrected chi connectivity index (χ0v) is 38.1. The first kappa shape index (κ1) is 52.8. The molecule has 14 heteroatoms. The van der Waals surface area contributed by atoms with Crippen molar-refractivity contribution in [2.75, 3.05) is 178 Å². The Labute approximate surface area is 340 Å². The number of ether oxygens (including phenoxy) is 8. The van der Waals surface area contributed by atoms with Crippen molar-refractivity contribution in [2.24, 2.45) is 10.8 Å². The fourth-order valence-corrected chi connectivity index (χ4v) is 7.34. The fourth-order valence-electron chi connectivity index (χ4n) is 4.90. The number of hydrogen-bond acceptors (Lipinski definition) is 14. The lowest BCUT2D eigenvalue weighted by atomic mass is 9.92. The molecular weight excluding hydrogens is 765 g/mol. The van der Waals surface area contributed by atoms with Crippen LogP contribution in [0.2, 0.25) is 0 Å². The van der Waals surface area contributed by atoms with E-state index in [9.17, 15) is 0 Å². The molecule has 0 aromatic rings. The predicted octanol–water partition coefficient (Wildman–Crippen LogP) is 8.00. The lowest BCUT2D eigenvalue weighted by Gasteiger charge is -2.33. The van der Waals surface area contributed by atoms with E-state index in [4.69, 9.17) is 37.9 Å². The lowest BCUT2D eigenvalue weighted by molar-refractivity contribution is -0.114. The molecule has 0 saturated heterocycles. The highest BCUT2D eigenvalue weighted by Crippen LogP contribution is 2.24. The molecule has 0 aromatic carbocycles. The second-order valence-electron chi connectivity index (χ2n) is 12.9. The predicted molar refractivity (Wildman–Crippen MR) is 234 cm³/mol. The van der Waals surface area contributed by atoms with E-state index in [2.05, 4.69) is 37.5 Å². The average molecular weight is 841 g/mol. The molecule has 0 amide bonds. The van der Waals surface area contributed by atoms with Crippen LogP contribution in [0.1, 0.15) is 44.9 Å². The van der Waals surface area contributed by atoms with E-state index < -0.39 is 0 Å². The number of rotatable bonds is 44. The van der Waals surface area contributed by atoms with Crippen LogP contribution in [0.15, 0.2) is 0 Å². The molecule has 308 valence electrons. The Bertz CT molecular complexity index is 563. The van der Waals surface area contributed by atoms with Crippen LogP contribution in [0, 0.1) is 10.8 Å². The van der Waals surface area contributed by atoms with Gasteiger partial charge in [0.15, 0.2) is 0 Å². The molecule has 0 N–H and O–H groups in total. The molecule has 0 bridgehead atoms. The molecule has 0 aliphatic carbocycles. The minimum absolute atomic E-state index is 0.344. The molecule has 0 heterocycles. The molecule has 0 unspecified atom stereocenters. The van der Waals surface area contributed by atoms with Gasteiger partial charge in [-0.15, -0.1) is 0 Å². The summed E-state index contributed by atoms with van der Waals surface area (Å²) in [6.45, 7) is 10.1. The maximum absolute atomic E-state index is 6.36. The summed E-state index contributed by atoms with van der Waals surface area (Å²) >= 11 is 11.1.